The van der Waals surface area contributed by atoms with E-state index in [1.54, 1.807) is 29.4 Å². The number of carbonyl (C=O) groups excluding carboxylic acids is 1. The molecule has 1 aliphatic carbocycles. The maximum Gasteiger partial charge on any atom is 0.251 e. The predicted octanol–water partition coefficient (Wildman–Crippen LogP) is 2.53. The Morgan fingerprint density at radius 3 is 2.32 bits per heavy atom. The van der Waals surface area contributed by atoms with E-state index in [9.17, 15) is 13.2 Å². The monoisotopic (exact) mass is 405 g/mol. The summed E-state index contributed by atoms with van der Waals surface area (Å²) >= 11 is 0. The lowest BCUT2D eigenvalue weighted by Crippen LogP contribution is -2.45. The van der Waals surface area contributed by atoms with Gasteiger partial charge in [0.2, 0.25) is 10.0 Å². The second kappa shape index (κ2) is 8.13. The first-order chi connectivity index (χ1) is 13.4. The van der Waals surface area contributed by atoms with E-state index in [1.165, 1.54) is 12.8 Å². The fourth-order valence-corrected chi connectivity index (χ4v) is 6.15. The van der Waals surface area contributed by atoms with Crippen molar-refractivity contribution in [3.8, 4) is 0 Å². The predicted molar refractivity (Wildman–Crippen MR) is 109 cm³/mol. The summed E-state index contributed by atoms with van der Waals surface area (Å²) in [5.74, 6) is -0.167. The van der Waals surface area contributed by atoms with Gasteiger partial charge in [0, 0.05) is 43.8 Å². The SMILES string of the molecule is Cc1ccc(C(=O)NC2CCN(C3CC3)CC2)cc1S(=O)(=O)N1CCCCC1. The number of rotatable bonds is 5. The molecular weight excluding hydrogens is 374 g/mol. The average Bonchev–Trinajstić information content (AvgIpc) is 3.55. The highest BCUT2D eigenvalue weighted by molar-refractivity contribution is 7.89. The first-order valence-electron chi connectivity index (χ1n) is 10.6. The van der Waals surface area contributed by atoms with Crippen molar-refractivity contribution in [2.45, 2.75) is 68.8 Å². The summed E-state index contributed by atoms with van der Waals surface area (Å²) in [4.78, 5) is 15.6. The number of piperidine rings is 2. The molecule has 0 aromatic heterocycles. The Labute approximate surface area is 168 Å². The highest BCUT2D eigenvalue weighted by Crippen LogP contribution is 2.29. The summed E-state index contributed by atoms with van der Waals surface area (Å²) in [6.45, 7) is 5.01. The fourth-order valence-electron chi connectivity index (χ4n) is 4.38. The van der Waals surface area contributed by atoms with Gasteiger partial charge in [0.25, 0.3) is 5.91 Å². The van der Waals surface area contributed by atoms with Crippen LogP contribution in [0.5, 0.6) is 0 Å². The number of benzene rings is 1. The van der Waals surface area contributed by atoms with Crippen LogP contribution in [0.3, 0.4) is 0 Å². The molecule has 1 N–H and O–H groups in total. The van der Waals surface area contributed by atoms with Gasteiger partial charge in [-0.25, -0.2) is 8.42 Å². The highest BCUT2D eigenvalue weighted by Gasteiger charge is 2.32. The molecule has 3 aliphatic rings. The van der Waals surface area contributed by atoms with E-state index in [0.29, 0.717) is 24.2 Å². The van der Waals surface area contributed by atoms with E-state index in [1.807, 2.05) is 0 Å². The smallest absolute Gasteiger partial charge is 0.251 e. The van der Waals surface area contributed by atoms with Crippen LogP contribution in [-0.2, 0) is 10.0 Å². The first kappa shape index (κ1) is 19.9. The van der Waals surface area contributed by atoms with Gasteiger partial charge >= 0.3 is 0 Å². The molecule has 28 heavy (non-hydrogen) atoms. The molecule has 3 fully saturated rings. The number of aryl methyl sites for hydroxylation is 1. The van der Waals surface area contributed by atoms with Gasteiger partial charge in [0.05, 0.1) is 4.90 Å². The molecule has 0 radical (unpaired) electrons. The van der Waals surface area contributed by atoms with Gasteiger partial charge in [-0.1, -0.05) is 12.5 Å². The Balaban J connectivity index is 1.44. The minimum atomic E-state index is -3.55. The summed E-state index contributed by atoms with van der Waals surface area (Å²) in [7, 11) is -3.55. The number of hydrogen-bond donors (Lipinski definition) is 1. The van der Waals surface area contributed by atoms with Gasteiger partial charge in [-0.2, -0.15) is 4.31 Å². The average molecular weight is 406 g/mol. The van der Waals surface area contributed by atoms with Crippen LogP contribution in [0.1, 0.15) is 60.9 Å². The third-order valence-corrected chi connectivity index (χ3v) is 8.35. The highest BCUT2D eigenvalue weighted by atomic mass is 32.2. The minimum absolute atomic E-state index is 0.167. The summed E-state index contributed by atoms with van der Waals surface area (Å²) in [5.41, 5.74) is 1.13. The van der Waals surface area contributed by atoms with Crippen molar-refractivity contribution >= 4 is 15.9 Å². The van der Waals surface area contributed by atoms with E-state index < -0.39 is 10.0 Å². The van der Waals surface area contributed by atoms with Crippen LogP contribution in [0.2, 0.25) is 0 Å². The van der Waals surface area contributed by atoms with Gasteiger partial charge in [-0.15, -0.1) is 0 Å². The second-order valence-corrected chi connectivity index (χ2v) is 10.4. The number of carbonyl (C=O) groups is 1. The molecule has 4 rings (SSSR count). The van der Waals surface area contributed by atoms with E-state index in [-0.39, 0.29) is 16.8 Å². The molecule has 2 aliphatic heterocycles. The van der Waals surface area contributed by atoms with Crippen LogP contribution in [0.4, 0.5) is 0 Å². The molecule has 0 unspecified atom stereocenters. The maximum absolute atomic E-state index is 13.1. The largest absolute Gasteiger partial charge is 0.349 e. The summed E-state index contributed by atoms with van der Waals surface area (Å²) in [5, 5.41) is 3.12. The minimum Gasteiger partial charge on any atom is -0.349 e. The van der Waals surface area contributed by atoms with Crippen LogP contribution in [0.25, 0.3) is 0 Å². The zero-order chi connectivity index (χ0) is 19.7. The molecular formula is C21H31N3O3S. The molecule has 0 bridgehead atoms. The Hall–Kier alpha value is -1.44. The molecule has 7 heteroatoms. The molecule has 2 heterocycles. The van der Waals surface area contributed by atoms with Crippen LogP contribution in [-0.4, -0.2) is 61.8 Å². The van der Waals surface area contributed by atoms with E-state index in [4.69, 9.17) is 0 Å². The molecule has 1 saturated carbocycles. The van der Waals surface area contributed by atoms with Gasteiger partial charge in [0.1, 0.15) is 0 Å². The Bertz CT molecular complexity index is 821. The van der Waals surface area contributed by atoms with Gasteiger partial charge in [-0.3, -0.25) is 4.79 Å². The lowest BCUT2D eigenvalue weighted by Gasteiger charge is -2.32. The quantitative estimate of drug-likeness (QED) is 0.817. The van der Waals surface area contributed by atoms with Crippen molar-refractivity contribution in [1.29, 1.82) is 0 Å². The van der Waals surface area contributed by atoms with Crippen LogP contribution < -0.4 is 5.32 Å². The number of likely N-dealkylation sites (tertiary alicyclic amines) is 1. The molecule has 0 atom stereocenters. The standard InChI is InChI=1S/C21H31N3O3S/c1-16-5-6-17(15-20(16)28(26,27)24-11-3-2-4-12-24)21(25)22-18-9-13-23(14-10-18)19-7-8-19/h5-6,15,18-19H,2-4,7-14H2,1H3,(H,22,25). The van der Waals surface area contributed by atoms with Crippen molar-refractivity contribution in [2.75, 3.05) is 26.2 Å². The molecule has 1 aromatic carbocycles. The molecule has 6 nitrogen and oxygen atoms in total. The lowest BCUT2D eigenvalue weighted by molar-refractivity contribution is 0.0909. The summed E-state index contributed by atoms with van der Waals surface area (Å²) in [6, 6.07) is 6.00. The van der Waals surface area contributed by atoms with Gasteiger partial charge < -0.3 is 10.2 Å². The Morgan fingerprint density at radius 1 is 1.00 bits per heavy atom. The van der Waals surface area contributed by atoms with Crippen molar-refractivity contribution in [3.05, 3.63) is 29.3 Å². The second-order valence-electron chi connectivity index (χ2n) is 8.46. The number of hydrogen-bond acceptors (Lipinski definition) is 4. The number of amides is 1. The molecule has 154 valence electrons. The number of nitrogens with one attached hydrogen (secondary N) is 1. The fraction of sp³-hybridized carbons (Fsp3) is 0.667. The summed E-state index contributed by atoms with van der Waals surface area (Å²) < 4.78 is 27.7. The number of sulfonamides is 1. The van der Waals surface area contributed by atoms with Crippen LogP contribution in [0.15, 0.2) is 23.1 Å². The first-order valence-corrected chi connectivity index (χ1v) is 12.0. The van der Waals surface area contributed by atoms with Gasteiger partial charge in [0.15, 0.2) is 0 Å². The third kappa shape index (κ3) is 4.26. The number of nitrogens with zero attached hydrogens (tertiary/aromatic N) is 2. The topological polar surface area (TPSA) is 69.7 Å². The van der Waals surface area contributed by atoms with Crippen molar-refractivity contribution in [2.24, 2.45) is 0 Å². The van der Waals surface area contributed by atoms with E-state index in [2.05, 4.69) is 10.2 Å². The Kier molecular flexibility index (Phi) is 5.76. The normalized spacial score (nSPS) is 22.9. The van der Waals surface area contributed by atoms with E-state index >= 15 is 0 Å². The molecule has 2 saturated heterocycles. The lowest BCUT2D eigenvalue weighted by atomic mass is 10.0. The zero-order valence-electron chi connectivity index (χ0n) is 16.7. The van der Waals surface area contributed by atoms with Gasteiger partial charge in [-0.05, 0) is 63.1 Å². The van der Waals surface area contributed by atoms with Crippen molar-refractivity contribution in [3.63, 3.8) is 0 Å². The Morgan fingerprint density at radius 2 is 1.68 bits per heavy atom. The summed E-state index contributed by atoms with van der Waals surface area (Å²) in [6.07, 6.45) is 7.44. The van der Waals surface area contributed by atoms with Crippen LogP contribution >= 0.6 is 0 Å². The third-order valence-electron chi connectivity index (χ3n) is 6.31. The molecule has 0 spiro atoms. The maximum atomic E-state index is 13.1. The van der Waals surface area contributed by atoms with Crippen molar-refractivity contribution < 1.29 is 13.2 Å². The zero-order valence-corrected chi connectivity index (χ0v) is 17.5. The van der Waals surface area contributed by atoms with Crippen molar-refractivity contribution in [1.82, 2.24) is 14.5 Å². The van der Waals surface area contributed by atoms with E-state index in [0.717, 1.165) is 51.2 Å². The molecule has 1 aromatic rings. The van der Waals surface area contributed by atoms with Crippen LogP contribution in [0, 0.1) is 6.92 Å². The molecule has 1 amide bonds.